The van der Waals surface area contributed by atoms with Crippen LogP contribution in [-0.2, 0) is 4.74 Å². The third-order valence-corrected chi connectivity index (χ3v) is 13.1. The number of carbonyl (C=O) groups excluding carboxylic acids is 1. The van der Waals surface area contributed by atoms with Crippen molar-refractivity contribution < 1.29 is 17.4 Å². The number of rotatable bonds is 8. The molecule has 0 bridgehead atoms. The number of anilines is 3. The molecule has 1 amide bonds. The van der Waals surface area contributed by atoms with E-state index in [4.69, 9.17) is 13.2 Å². The number of hydrogen-bond acceptors (Lipinski definition) is 10. The van der Waals surface area contributed by atoms with Gasteiger partial charge in [0.1, 0.15) is 11.9 Å². The molecule has 2 unspecified atom stereocenters. The molecule has 4 aliphatic heterocycles. The number of aromatic nitrogens is 3. The van der Waals surface area contributed by atoms with E-state index in [0.29, 0.717) is 48.7 Å². The Labute approximate surface area is 350 Å². The quantitative estimate of drug-likeness (QED) is 0.152. The molecule has 4 N–H and O–H groups in total. The maximum absolute atomic E-state index is 14.0. The van der Waals surface area contributed by atoms with E-state index in [1.807, 2.05) is 47.2 Å². The highest BCUT2D eigenvalue weighted by molar-refractivity contribution is 5.96. The lowest BCUT2D eigenvalue weighted by atomic mass is 9.91. The number of fused-ring (bicyclic) bond motifs is 1. The molecule has 308 valence electrons. The van der Waals surface area contributed by atoms with Crippen LogP contribution in [0, 0.1) is 26.7 Å². The third kappa shape index (κ3) is 7.77. The molecule has 3 aromatic carbocycles. The van der Waals surface area contributed by atoms with Crippen LogP contribution in [0.2, 0.25) is 0 Å². The van der Waals surface area contributed by atoms with Gasteiger partial charge in [0, 0.05) is 88.2 Å². The van der Waals surface area contributed by atoms with E-state index in [0.717, 1.165) is 97.4 Å². The predicted molar refractivity (Wildman–Crippen MR) is 235 cm³/mol. The highest BCUT2D eigenvalue weighted by Gasteiger charge is 2.31. The number of ether oxygens (including phenoxy) is 1. The van der Waals surface area contributed by atoms with Gasteiger partial charge in [-0.25, -0.2) is 0 Å². The monoisotopic (exact) mass is 797 g/mol. The average Bonchev–Trinajstić information content (AvgIpc) is 3.61. The molecule has 3 saturated heterocycles. The molecule has 0 radical (unpaired) electrons. The summed E-state index contributed by atoms with van der Waals surface area (Å²) in [6, 6.07) is 22.0. The number of hydrogen-bond donors (Lipinski definition) is 3. The highest BCUT2D eigenvalue weighted by Crippen LogP contribution is 2.38. The highest BCUT2D eigenvalue weighted by atomic mass is 16.5. The van der Waals surface area contributed by atoms with Gasteiger partial charge in [-0.15, -0.1) is 10.2 Å². The van der Waals surface area contributed by atoms with Crippen LogP contribution in [0.5, 0.6) is 5.75 Å². The topological polar surface area (TPSA) is 128 Å². The summed E-state index contributed by atoms with van der Waals surface area (Å²) in [7, 11) is 0. The minimum atomic E-state index is -0.697. The summed E-state index contributed by atoms with van der Waals surface area (Å²) in [5, 5.41) is 23.0. The minimum absolute atomic E-state index is 0.105. The lowest BCUT2D eigenvalue weighted by Gasteiger charge is -2.38. The smallest absolute Gasteiger partial charge is 0.254 e. The number of phenols is 1. The Balaban J connectivity index is 0.792. The van der Waals surface area contributed by atoms with Crippen LogP contribution in [0.4, 0.5) is 17.2 Å². The van der Waals surface area contributed by atoms with Crippen molar-refractivity contribution in [1.29, 1.82) is 0 Å². The summed E-state index contributed by atoms with van der Waals surface area (Å²) in [6.45, 7) is 11.5. The van der Waals surface area contributed by atoms with Crippen LogP contribution in [0.3, 0.4) is 0 Å². The summed E-state index contributed by atoms with van der Waals surface area (Å²) >= 11 is 0. The summed E-state index contributed by atoms with van der Waals surface area (Å²) in [6.07, 6.45) is 7.63. The fourth-order valence-electron chi connectivity index (χ4n) is 9.74. The van der Waals surface area contributed by atoms with E-state index in [1.54, 1.807) is 18.2 Å². The Bertz CT molecular complexity index is 2440. The first-order valence-electron chi connectivity index (χ1n) is 22.3. The van der Waals surface area contributed by atoms with Gasteiger partial charge < -0.3 is 39.7 Å². The number of nitrogens with zero attached hydrogens (tertiary/aromatic N) is 7. The molecule has 0 saturated carbocycles. The Morgan fingerprint density at radius 2 is 1.75 bits per heavy atom. The van der Waals surface area contributed by atoms with Crippen LogP contribution in [-0.4, -0.2) is 101 Å². The number of nitrogens with one attached hydrogen (secondary N) is 1. The molecule has 3 atom stereocenters. The fourth-order valence-corrected chi connectivity index (χ4v) is 9.74. The van der Waals surface area contributed by atoms with Crippen molar-refractivity contribution in [3.05, 3.63) is 107 Å². The number of benzene rings is 3. The van der Waals surface area contributed by atoms with E-state index >= 15 is 0 Å². The number of nitrogen functional groups attached to an aromatic ring is 1. The second kappa shape index (κ2) is 16.7. The zero-order chi connectivity index (χ0) is 42.4. The zero-order valence-corrected chi connectivity index (χ0v) is 34.3. The van der Waals surface area contributed by atoms with Crippen molar-refractivity contribution in [1.82, 2.24) is 29.9 Å². The Hall–Kier alpha value is -5.43. The lowest BCUT2D eigenvalue weighted by molar-refractivity contribution is 0.0393. The van der Waals surface area contributed by atoms with E-state index in [-0.39, 0.29) is 17.8 Å². The largest absolute Gasteiger partial charge is 0.507 e. The molecule has 6 heterocycles. The van der Waals surface area contributed by atoms with Gasteiger partial charge in [-0.1, -0.05) is 30.3 Å². The van der Waals surface area contributed by atoms with Crippen LogP contribution in [0.25, 0.3) is 22.2 Å². The summed E-state index contributed by atoms with van der Waals surface area (Å²) < 4.78 is 25.3. The number of phenolic OH excluding ortho intramolecular Hbond substituents is 1. The molecule has 12 heteroatoms. The van der Waals surface area contributed by atoms with Gasteiger partial charge in [0.15, 0.2) is 5.82 Å². The van der Waals surface area contributed by atoms with Gasteiger partial charge in [-0.2, -0.15) is 0 Å². The predicted octanol–water partition coefficient (Wildman–Crippen LogP) is 6.96. The van der Waals surface area contributed by atoms with Crippen LogP contribution in [0.1, 0.15) is 73.3 Å². The van der Waals surface area contributed by atoms with Gasteiger partial charge >= 0.3 is 0 Å². The lowest BCUT2D eigenvalue weighted by Crippen LogP contribution is -2.43. The molecule has 0 spiro atoms. The molecule has 2 aromatic heterocycles. The first-order chi connectivity index (χ1) is 29.5. The first kappa shape index (κ1) is 36.6. The molecule has 0 aliphatic carbocycles. The van der Waals surface area contributed by atoms with Gasteiger partial charge in [0.2, 0.25) is 0 Å². The maximum Gasteiger partial charge on any atom is 0.254 e. The Kier molecular flexibility index (Phi) is 10.4. The van der Waals surface area contributed by atoms with Crippen molar-refractivity contribution in [2.75, 3.05) is 81.1 Å². The summed E-state index contributed by atoms with van der Waals surface area (Å²) in [5.74, 6) is 1.14. The molecular weight excluding hydrogens is 739 g/mol. The van der Waals surface area contributed by atoms with Gasteiger partial charge in [-0.3, -0.25) is 10.1 Å². The molecule has 4 aliphatic rings. The summed E-state index contributed by atoms with van der Waals surface area (Å²) in [4.78, 5) is 22.8. The second-order valence-electron chi connectivity index (χ2n) is 16.6. The fraction of sp³-hybridized carbons (Fsp3) is 0.426. The normalized spacial score (nSPS) is 22.8. The number of aromatic hydroxyl groups is 1. The van der Waals surface area contributed by atoms with E-state index in [1.165, 1.54) is 11.2 Å². The van der Waals surface area contributed by atoms with Crippen molar-refractivity contribution in [3.63, 3.8) is 0 Å². The zero-order valence-electron chi connectivity index (χ0n) is 36.3. The van der Waals surface area contributed by atoms with Gasteiger partial charge in [-0.05, 0) is 112 Å². The van der Waals surface area contributed by atoms with Crippen LogP contribution >= 0.6 is 0 Å². The number of para-hydroxylation sites is 1. The van der Waals surface area contributed by atoms with E-state index in [9.17, 15) is 9.90 Å². The number of amides is 1. The average molecular weight is 798 g/mol. The standard InChI is InChI=1S/C47H57N9O3/c1-31-26-39-41(55-19-7-18-49-30-55)9-6-10-42(39)56(31)35-16-20-52(21-17-35)28-34-14-22-53(23-15-34)47(58)37-13-12-36(32(2)33(37)3)45-29-54(24-25-59-45)43-27-40(50-51-46(43)48)38-8-4-5-11-44(38)57/h4-13,19,26-27,34-35,45,49,57H,14-18,20-25,28-30H2,1-3H3,(H2,48,51)/i18D,30D/t18?,30-,45?/m1/s1. The first-order valence-corrected chi connectivity index (χ1v) is 21.1. The number of morpholine rings is 1. The molecule has 9 rings (SSSR count). The van der Waals surface area contributed by atoms with Crippen molar-refractivity contribution in [2.45, 2.75) is 58.6 Å². The second-order valence-corrected chi connectivity index (χ2v) is 16.6. The maximum atomic E-state index is 14.0. The van der Waals surface area contributed by atoms with E-state index < -0.39 is 13.2 Å². The third-order valence-electron chi connectivity index (χ3n) is 13.1. The molecular formula is C47H57N9O3. The number of carbonyl (C=O) groups is 1. The molecule has 3 fully saturated rings. The molecule has 12 nitrogen and oxygen atoms in total. The number of aryl methyl sites for hydroxylation is 1. The van der Waals surface area contributed by atoms with Crippen LogP contribution in [0.15, 0.2) is 79.0 Å². The Morgan fingerprint density at radius 3 is 2.54 bits per heavy atom. The Morgan fingerprint density at radius 1 is 0.932 bits per heavy atom. The molecule has 5 aromatic rings. The number of nitrogens with two attached hydrogens (primary N) is 1. The van der Waals surface area contributed by atoms with Crippen molar-refractivity contribution in [2.24, 2.45) is 5.92 Å². The number of piperidine rings is 2. The van der Waals surface area contributed by atoms with E-state index in [2.05, 4.69) is 74.1 Å². The van der Waals surface area contributed by atoms with Gasteiger partial charge in [0.25, 0.3) is 5.91 Å². The number of likely N-dealkylation sites (tertiary alicyclic amines) is 2. The summed E-state index contributed by atoms with van der Waals surface area (Å²) in [5.41, 5.74) is 15.6. The van der Waals surface area contributed by atoms with Crippen molar-refractivity contribution >= 4 is 34.0 Å². The minimum Gasteiger partial charge on any atom is -0.507 e. The van der Waals surface area contributed by atoms with Crippen LogP contribution < -0.4 is 20.9 Å². The molecule has 59 heavy (non-hydrogen) atoms. The van der Waals surface area contributed by atoms with Crippen molar-refractivity contribution in [3.8, 4) is 17.0 Å². The SMILES string of the molecule is [2H]C1C=CN(c2cccc3c2cc(C)n3C2CCN(CC3CCN(C(=O)c4ccc(C5CN(c6cc(-c7ccccc7O)nnc6N)CCO5)c(C)c4C)CC3)CC2)[C@H]([2H])N1. The van der Waals surface area contributed by atoms with Gasteiger partial charge in [0.05, 0.1) is 37.2 Å².